The van der Waals surface area contributed by atoms with Crippen molar-refractivity contribution in [2.75, 3.05) is 33.3 Å². The smallest absolute Gasteiger partial charge is 0.387 e. The Balaban J connectivity index is 0.00000220. The van der Waals surface area contributed by atoms with Gasteiger partial charge in [0.05, 0.1) is 7.11 Å². The van der Waals surface area contributed by atoms with E-state index in [1.807, 2.05) is 6.07 Å². The van der Waals surface area contributed by atoms with E-state index < -0.39 is 6.61 Å². The van der Waals surface area contributed by atoms with Crippen LogP contribution in [0, 0.1) is 0 Å². The fourth-order valence-corrected chi connectivity index (χ4v) is 2.33. The maximum absolute atomic E-state index is 12.4. The number of alkyl halides is 2. The standard InChI is InChI=1S/C14H20F2N2O2.ClH/c1-19-12-4-3-11(9-13(12)20-14(15)16)10-18-7-2-5-17-6-8-18;/h3-4,9,14,17H,2,5-8,10H2,1H3;1H. The molecule has 21 heavy (non-hydrogen) atoms. The molecule has 1 aliphatic heterocycles. The Morgan fingerprint density at radius 2 is 2.05 bits per heavy atom. The molecule has 0 saturated carbocycles. The van der Waals surface area contributed by atoms with E-state index in [4.69, 9.17) is 4.74 Å². The van der Waals surface area contributed by atoms with E-state index in [1.165, 1.54) is 7.11 Å². The number of halogens is 3. The Bertz CT molecular complexity index is 427. The molecule has 0 bridgehead atoms. The quantitative estimate of drug-likeness (QED) is 0.903. The molecule has 1 fully saturated rings. The monoisotopic (exact) mass is 322 g/mol. The van der Waals surface area contributed by atoms with Crippen molar-refractivity contribution < 1.29 is 18.3 Å². The maximum atomic E-state index is 12.4. The van der Waals surface area contributed by atoms with Crippen LogP contribution in [0.1, 0.15) is 12.0 Å². The number of nitrogens with zero attached hydrogens (tertiary/aromatic N) is 1. The van der Waals surface area contributed by atoms with E-state index in [0.29, 0.717) is 5.75 Å². The van der Waals surface area contributed by atoms with Gasteiger partial charge in [0, 0.05) is 19.6 Å². The lowest BCUT2D eigenvalue weighted by Crippen LogP contribution is -2.27. The minimum atomic E-state index is -2.85. The molecule has 1 aromatic carbocycles. The normalized spacial score (nSPS) is 16.2. The Hall–Kier alpha value is -1.11. The van der Waals surface area contributed by atoms with Gasteiger partial charge in [-0.2, -0.15) is 8.78 Å². The van der Waals surface area contributed by atoms with Gasteiger partial charge >= 0.3 is 6.61 Å². The molecule has 0 atom stereocenters. The van der Waals surface area contributed by atoms with Crippen molar-refractivity contribution in [2.24, 2.45) is 0 Å². The highest BCUT2D eigenvalue weighted by Gasteiger charge is 2.14. The summed E-state index contributed by atoms with van der Waals surface area (Å²) in [5, 5.41) is 3.33. The molecular weight excluding hydrogens is 302 g/mol. The number of hydrogen-bond donors (Lipinski definition) is 1. The van der Waals surface area contributed by atoms with Crippen LogP contribution in [0.2, 0.25) is 0 Å². The van der Waals surface area contributed by atoms with Gasteiger partial charge in [-0.1, -0.05) is 6.07 Å². The summed E-state index contributed by atoms with van der Waals surface area (Å²) in [5.41, 5.74) is 0.948. The zero-order valence-corrected chi connectivity index (χ0v) is 12.8. The molecule has 2 rings (SSSR count). The first-order chi connectivity index (χ1) is 9.69. The van der Waals surface area contributed by atoms with E-state index in [2.05, 4.69) is 15.0 Å². The summed E-state index contributed by atoms with van der Waals surface area (Å²) in [6, 6.07) is 5.18. The first-order valence-corrected chi connectivity index (χ1v) is 6.74. The van der Waals surface area contributed by atoms with Gasteiger partial charge < -0.3 is 14.8 Å². The zero-order chi connectivity index (χ0) is 14.4. The molecule has 7 heteroatoms. The molecule has 0 radical (unpaired) electrons. The molecular formula is C14H21ClF2N2O2. The number of hydrogen-bond acceptors (Lipinski definition) is 4. The predicted octanol–water partition coefficient (Wildman–Crippen LogP) is 2.51. The van der Waals surface area contributed by atoms with Gasteiger partial charge in [0.15, 0.2) is 11.5 Å². The fourth-order valence-electron chi connectivity index (χ4n) is 2.33. The van der Waals surface area contributed by atoms with Gasteiger partial charge in [-0.3, -0.25) is 4.90 Å². The zero-order valence-electron chi connectivity index (χ0n) is 12.0. The highest BCUT2D eigenvalue weighted by Crippen LogP contribution is 2.29. The van der Waals surface area contributed by atoms with Gasteiger partial charge in [-0.05, 0) is 37.2 Å². The first kappa shape index (κ1) is 17.9. The van der Waals surface area contributed by atoms with Crippen LogP contribution >= 0.6 is 12.4 Å². The third kappa shape index (κ3) is 5.65. The molecule has 0 aliphatic carbocycles. The molecule has 0 unspecified atom stereocenters. The van der Waals surface area contributed by atoms with E-state index in [9.17, 15) is 8.78 Å². The van der Waals surface area contributed by atoms with Gasteiger partial charge in [-0.15, -0.1) is 12.4 Å². The number of methoxy groups -OCH3 is 1. The molecule has 4 nitrogen and oxygen atoms in total. The molecule has 0 aromatic heterocycles. The largest absolute Gasteiger partial charge is 0.493 e. The Morgan fingerprint density at radius 1 is 1.24 bits per heavy atom. The number of benzene rings is 1. The second-order valence-electron chi connectivity index (χ2n) is 4.74. The van der Waals surface area contributed by atoms with Gasteiger partial charge in [0.1, 0.15) is 0 Å². The lowest BCUT2D eigenvalue weighted by molar-refractivity contribution is -0.0512. The Kier molecular flexibility index (Phi) is 7.71. The van der Waals surface area contributed by atoms with Crippen molar-refractivity contribution in [1.29, 1.82) is 0 Å². The lowest BCUT2D eigenvalue weighted by Gasteiger charge is -2.20. The SMILES string of the molecule is COc1ccc(CN2CCCNCC2)cc1OC(F)F.Cl. The van der Waals surface area contributed by atoms with E-state index in [1.54, 1.807) is 12.1 Å². The van der Waals surface area contributed by atoms with Crippen molar-refractivity contribution in [1.82, 2.24) is 10.2 Å². The van der Waals surface area contributed by atoms with Gasteiger partial charge in [0.2, 0.25) is 0 Å². The molecule has 1 heterocycles. The van der Waals surface area contributed by atoms with Gasteiger partial charge in [0.25, 0.3) is 0 Å². The van der Waals surface area contributed by atoms with Crippen LogP contribution in [-0.4, -0.2) is 44.8 Å². The predicted molar refractivity (Wildman–Crippen MR) is 79.6 cm³/mol. The topological polar surface area (TPSA) is 33.7 Å². The summed E-state index contributed by atoms with van der Waals surface area (Å²) < 4.78 is 34.3. The third-order valence-corrected chi connectivity index (χ3v) is 3.28. The van der Waals surface area contributed by atoms with E-state index in [0.717, 1.165) is 44.7 Å². The average molecular weight is 323 g/mol. The van der Waals surface area contributed by atoms with Crippen LogP contribution in [0.3, 0.4) is 0 Å². The molecule has 1 saturated heterocycles. The minimum absolute atomic E-state index is 0. The third-order valence-electron chi connectivity index (χ3n) is 3.28. The first-order valence-electron chi connectivity index (χ1n) is 6.74. The second-order valence-corrected chi connectivity index (χ2v) is 4.74. The fraction of sp³-hybridized carbons (Fsp3) is 0.571. The van der Waals surface area contributed by atoms with Crippen LogP contribution < -0.4 is 14.8 Å². The summed E-state index contributed by atoms with van der Waals surface area (Å²) >= 11 is 0. The molecule has 0 amide bonds. The molecule has 1 N–H and O–H groups in total. The van der Waals surface area contributed by atoms with Crippen LogP contribution in [-0.2, 0) is 6.54 Å². The molecule has 0 spiro atoms. The number of nitrogens with one attached hydrogen (secondary N) is 1. The van der Waals surface area contributed by atoms with Crippen molar-refractivity contribution >= 4 is 12.4 Å². The summed E-state index contributed by atoms with van der Waals surface area (Å²) in [4.78, 5) is 2.30. The summed E-state index contributed by atoms with van der Waals surface area (Å²) in [6.07, 6.45) is 1.09. The number of ether oxygens (including phenoxy) is 2. The van der Waals surface area contributed by atoms with Crippen molar-refractivity contribution in [3.8, 4) is 11.5 Å². The minimum Gasteiger partial charge on any atom is -0.493 e. The van der Waals surface area contributed by atoms with Gasteiger partial charge in [-0.25, -0.2) is 0 Å². The van der Waals surface area contributed by atoms with E-state index >= 15 is 0 Å². The van der Waals surface area contributed by atoms with Crippen LogP contribution in [0.4, 0.5) is 8.78 Å². The van der Waals surface area contributed by atoms with Crippen LogP contribution in [0.25, 0.3) is 0 Å². The molecule has 120 valence electrons. The molecule has 1 aromatic rings. The highest BCUT2D eigenvalue weighted by molar-refractivity contribution is 5.85. The van der Waals surface area contributed by atoms with E-state index in [-0.39, 0.29) is 18.2 Å². The summed E-state index contributed by atoms with van der Waals surface area (Å²) in [6.45, 7) is 1.82. The van der Waals surface area contributed by atoms with Crippen molar-refractivity contribution in [3.63, 3.8) is 0 Å². The van der Waals surface area contributed by atoms with Crippen molar-refractivity contribution in [3.05, 3.63) is 23.8 Å². The summed E-state index contributed by atoms with van der Waals surface area (Å²) in [7, 11) is 1.44. The summed E-state index contributed by atoms with van der Waals surface area (Å²) in [5.74, 6) is 0.416. The highest BCUT2D eigenvalue weighted by atomic mass is 35.5. The lowest BCUT2D eigenvalue weighted by atomic mass is 10.2. The maximum Gasteiger partial charge on any atom is 0.387 e. The Morgan fingerprint density at radius 3 is 2.76 bits per heavy atom. The van der Waals surface area contributed by atoms with Crippen LogP contribution in [0.5, 0.6) is 11.5 Å². The van der Waals surface area contributed by atoms with Crippen molar-refractivity contribution in [2.45, 2.75) is 19.6 Å². The molecule has 1 aliphatic rings. The number of rotatable bonds is 5. The second kappa shape index (κ2) is 9.02. The average Bonchev–Trinajstić information content (AvgIpc) is 2.67. The Labute approximate surface area is 129 Å². The van der Waals surface area contributed by atoms with Crippen LogP contribution in [0.15, 0.2) is 18.2 Å².